The van der Waals surface area contributed by atoms with Gasteiger partial charge in [-0.25, -0.2) is 9.78 Å². The van der Waals surface area contributed by atoms with Gasteiger partial charge in [-0.05, 0) is 32.6 Å². The Morgan fingerprint density at radius 2 is 1.96 bits per heavy atom. The van der Waals surface area contributed by atoms with Crippen molar-refractivity contribution in [2.24, 2.45) is 5.92 Å². The van der Waals surface area contributed by atoms with E-state index in [0.717, 1.165) is 18.8 Å². The average molecular weight is 353 g/mol. The van der Waals surface area contributed by atoms with E-state index in [1.165, 1.54) is 11.3 Å². The summed E-state index contributed by atoms with van der Waals surface area (Å²) < 4.78 is 0. The molecule has 1 aromatic rings. The number of carbonyl (C=O) groups is 2. The Morgan fingerprint density at radius 1 is 1.33 bits per heavy atom. The van der Waals surface area contributed by atoms with Crippen LogP contribution in [-0.2, 0) is 4.79 Å². The molecule has 1 N–H and O–H groups in total. The van der Waals surface area contributed by atoms with Crippen molar-refractivity contribution in [2.75, 3.05) is 31.5 Å². The summed E-state index contributed by atoms with van der Waals surface area (Å²) >= 11 is 1.47. The number of aromatic nitrogens is 1. The van der Waals surface area contributed by atoms with Crippen molar-refractivity contribution in [3.63, 3.8) is 0 Å². The van der Waals surface area contributed by atoms with Gasteiger partial charge in [0.15, 0.2) is 5.13 Å². The molecular formula is C17H28N4O2S. The first-order valence-electron chi connectivity index (χ1n) is 8.76. The van der Waals surface area contributed by atoms with E-state index >= 15 is 0 Å². The van der Waals surface area contributed by atoms with Crippen molar-refractivity contribution >= 4 is 28.4 Å². The summed E-state index contributed by atoms with van der Waals surface area (Å²) in [5.74, 6) is 0.341. The molecule has 0 unspecified atom stereocenters. The first-order valence-corrected chi connectivity index (χ1v) is 9.64. The lowest BCUT2D eigenvalue weighted by Crippen LogP contribution is -2.47. The molecule has 134 valence electrons. The molecule has 1 aliphatic rings. The SMILES string of the molecule is CCN(CC)C(=O)N1CCC(C(=O)Nc2nc(C(C)C)cs2)CC1. The van der Waals surface area contributed by atoms with Crippen LogP contribution in [0.4, 0.5) is 9.93 Å². The third-order valence-corrected chi connectivity index (χ3v) is 5.29. The average Bonchev–Trinajstić information content (AvgIpc) is 3.04. The Morgan fingerprint density at radius 3 is 2.46 bits per heavy atom. The van der Waals surface area contributed by atoms with Crippen molar-refractivity contribution in [1.29, 1.82) is 0 Å². The molecule has 0 aromatic carbocycles. The summed E-state index contributed by atoms with van der Waals surface area (Å²) in [6.07, 6.45) is 1.42. The van der Waals surface area contributed by atoms with E-state index < -0.39 is 0 Å². The fraction of sp³-hybridized carbons (Fsp3) is 0.706. The molecule has 1 aromatic heterocycles. The van der Waals surface area contributed by atoms with Gasteiger partial charge in [0.1, 0.15) is 0 Å². The molecule has 0 saturated carbocycles. The van der Waals surface area contributed by atoms with Crippen LogP contribution in [-0.4, -0.2) is 52.9 Å². The highest BCUT2D eigenvalue weighted by atomic mass is 32.1. The topological polar surface area (TPSA) is 65.5 Å². The van der Waals surface area contributed by atoms with E-state index in [9.17, 15) is 9.59 Å². The Kier molecular flexibility index (Phi) is 6.60. The molecule has 0 bridgehead atoms. The molecule has 6 nitrogen and oxygen atoms in total. The van der Waals surface area contributed by atoms with Crippen LogP contribution in [0.1, 0.15) is 52.1 Å². The Balaban J connectivity index is 1.85. The minimum Gasteiger partial charge on any atom is -0.325 e. The van der Waals surface area contributed by atoms with Gasteiger partial charge in [0.25, 0.3) is 0 Å². The maximum Gasteiger partial charge on any atom is 0.319 e. The standard InChI is InChI=1S/C17H28N4O2S/c1-5-20(6-2)17(23)21-9-7-13(8-10-21)15(22)19-16-18-14(11-24-16)12(3)4/h11-13H,5-10H2,1-4H3,(H,18,19,22). The molecule has 0 spiro atoms. The molecule has 0 atom stereocenters. The van der Waals surface area contributed by atoms with Gasteiger partial charge in [-0.15, -0.1) is 11.3 Å². The van der Waals surface area contributed by atoms with Crippen molar-refractivity contribution in [1.82, 2.24) is 14.8 Å². The molecule has 24 heavy (non-hydrogen) atoms. The third-order valence-electron chi connectivity index (χ3n) is 4.51. The summed E-state index contributed by atoms with van der Waals surface area (Å²) in [7, 11) is 0. The number of likely N-dealkylation sites (tertiary alicyclic amines) is 1. The highest BCUT2D eigenvalue weighted by Crippen LogP contribution is 2.24. The molecule has 1 fully saturated rings. The van der Waals surface area contributed by atoms with Crippen molar-refractivity contribution in [3.05, 3.63) is 11.1 Å². The lowest BCUT2D eigenvalue weighted by atomic mass is 9.96. The van der Waals surface area contributed by atoms with Gasteiger partial charge < -0.3 is 15.1 Å². The smallest absolute Gasteiger partial charge is 0.319 e. The Bertz CT molecular complexity index is 561. The van der Waals surface area contributed by atoms with Gasteiger partial charge in [0.2, 0.25) is 5.91 Å². The van der Waals surface area contributed by atoms with Gasteiger partial charge in [-0.1, -0.05) is 13.8 Å². The van der Waals surface area contributed by atoms with Gasteiger partial charge in [-0.2, -0.15) is 0 Å². The highest BCUT2D eigenvalue weighted by Gasteiger charge is 2.29. The number of piperidine rings is 1. The molecule has 0 radical (unpaired) electrons. The number of rotatable bonds is 5. The highest BCUT2D eigenvalue weighted by molar-refractivity contribution is 7.13. The summed E-state index contributed by atoms with van der Waals surface area (Å²) in [6.45, 7) is 10.9. The van der Waals surface area contributed by atoms with Gasteiger partial charge >= 0.3 is 6.03 Å². The molecule has 1 aliphatic heterocycles. The number of thiazole rings is 1. The number of nitrogens with zero attached hydrogens (tertiary/aromatic N) is 3. The second-order valence-corrected chi connectivity index (χ2v) is 7.30. The van der Waals surface area contributed by atoms with E-state index in [2.05, 4.69) is 24.1 Å². The number of amides is 3. The van der Waals surface area contributed by atoms with E-state index in [-0.39, 0.29) is 17.9 Å². The van der Waals surface area contributed by atoms with E-state index in [0.29, 0.717) is 37.0 Å². The number of nitrogens with one attached hydrogen (secondary N) is 1. The fourth-order valence-corrected chi connectivity index (χ4v) is 3.72. The molecule has 2 rings (SSSR count). The van der Waals surface area contributed by atoms with Crippen LogP contribution in [0.5, 0.6) is 0 Å². The zero-order valence-electron chi connectivity index (χ0n) is 15.0. The summed E-state index contributed by atoms with van der Waals surface area (Å²) in [4.78, 5) is 32.9. The van der Waals surface area contributed by atoms with Crippen LogP contribution in [0.25, 0.3) is 0 Å². The summed E-state index contributed by atoms with van der Waals surface area (Å²) in [5, 5.41) is 5.59. The number of urea groups is 1. The van der Waals surface area contributed by atoms with Gasteiger partial charge in [0.05, 0.1) is 5.69 Å². The molecule has 0 aliphatic carbocycles. The second kappa shape index (κ2) is 8.46. The molecule has 2 heterocycles. The van der Waals surface area contributed by atoms with Crippen LogP contribution >= 0.6 is 11.3 Å². The third kappa shape index (κ3) is 4.47. The van der Waals surface area contributed by atoms with Crippen molar-refractivity contribution in [2.45, 2.75) is 46.5 Å². The lowest BCUT2D eigenvalue weighted by molar-refractivity contribution is -0.121. The summed E-state index contributed by atoms with van der Waals surface area (Å²) in [5.41, 5.74) is 1.01. The zero-order chi connectivity index (χ0) is 17.7. The fourth-order valence-electron chi connectivity index (χ4n) is 2.84. The van der Waals surface area contributed by atoms with Crippen LogP contribution in [0.15, 0.2) is 5.38 Å². The van der Waals surface area contributed by atoms with Crippen LogP contribution in [0.3, 0.4) is 0 Å². The normalized spacial score (nSPS) is 15.6. The first-order chi connectivity index (χ1) is 11.5. The van der Waals surface area contributed by atoms with Crippen LogP contribution in [0, 0.1) is 5.92 Å². The predicted octanol–water partition coefficient (Wildman–Crippen LogP) is 3.38. The molecular weight excluding hydrogens is 324 g/mol. The predicted molar refractivity (Wildman–Crippen MR) is 97.4 cm³/mol. The molecule has 3 amide bonds. The van der Waals surface area contributed by atoms with Crippen molar-refractivity contribution < 1.29 is 9.59 Å². The second-order valence-electron chi connectivity index (χ2n) is 6.44. The zero-order valence-corrected chi connectivity index (χ0v) is 15.9. The van der Waals surface area contributed by atoms with E-state index in [1.54, 1.807) is 0 Å². The largest absolute Gasteiger partial charge is 0.325 e. The Hall–Kier alpha value is -1.63. The maximum atomic E-state index is 12.4. The lowest BCUT2D eigenvalue weighted by Gasteiger charge is -2.34. The number of hydrogen-bond donors (Lipinski definition) is 1. The summed E-state index contributed by atoms with van der Waals surface area (Å²) in [6, 6.07) is 0.0837. The van der Waals surface area contributed by atoms with Gasteiger partial charge in [-0.3, -0.25) is 4.79 Å². The minimum atomic E-state index is -0.0443. The number of anilines is 1. The van der Waals surface area contributed by atoms with E-state index in [1.807, 2.05) is 29.0 Å². The minimum absolute atomic E-state index is 0.0228. The quantitative estimate of drug-likeness (QED) is 0.883. The van der Waals surface area contributed by atoms with Gasteiger partial charge in [0, 0.05) is 37.5 Å². The maximum absolute atomic E-state index is 12.4. The number of carbonyl (C=O) groups excluding carboxylic acids is 2. The Labute approximate surface area is 148 Å². The van der Waals surface area contributed by atoms with E-state index in [4.69, 9.17) is 0 Å². The van der Waals surface area contributed by atoms with Crippen LogP contribution in [0.2, 0.25) is 0 Å². The monoisotopic (exact) mass is 352 g/mol. The van der Waals surface area contributed by atoms with Crippen LogP contribution < -0.4 is 5.32 Å². The van der Waals surface area contributed by atoms with Crippen molar-refractivity contribution in [3.8, 4) is 0 Å². The molecule has 1 saturated heterocycles. The molecule has 7 heteroatoms. The first kappa shape index (κ1) is 18.7. The number of hydrogen-bond acceptors (Lipinski definition) is 4.